The standard InChI is InChI=1S/C24H28N2O4/c1-3-25(19-7-5-4-6-8-19)13-16-29-22-10-9-20-21(27)17-23(30-24(20)18(22)2)26-11-14-28-15-12-26/h4-10,17H,3,11-16H2,1-2H3. The van der Waals surface area contributed by atoms with Gasteiger partial charge in [0.2, 0.25) is 0 Å². The van der Waals surface area contributed by atoms with E-state index in [1.165, 1.54) is 5.69 Å². The van der Waals surface area contributed by atoms with E-state index < -0.39 is 0 Å². The number of rotatable bonds is 7. The lowest BCUT2D eigenvalue weighted by Gasteiger charge is -2.27. The Morgan fingerprint density at radius 1 is 1.10 bits per heavy atom. The first-order valence-electron chi connectivity index (χ1n) is 10.5. The Bertz CT molecular complexity index is 1040. The molecule has 0 radical (unpaired) electrons. The zero-order chi connectivity index (χ0) is 20.9. The van der Waals surface area contributed by atoms with Gasteiger partial charge in [-0.05, 0) is 38.1 Å². The van der Waals surface area contributed by atoms with E-state index in [9.17, 15) is 4.79 Å². The maximum absolute atomic E-state index is 12.6. The van der Waals surface area contributed by atoms with Crippen molar-refractivity contribution in [2.75, 3.05) is 55.8 Å². The van der Waals surface area contributed by atoms with Crippen LogP contribution in [0.5, 0.6) is 5.75 Å². The van der Waals surface area contributed by atoms with Crippen molar-refractivity contribution in [2.45, 2.75) is 13.8 Å². The Labute approximate surface area is 176 Å². The maximum atomic E-state index is 12.6. The predicted octanol–water partition coefficient (Wildman–Crippen LogP) is 3.84. The lowest BCUT2D eigenvalue weighted by Crippen LogP contribution is -2.36. The SMILES string of the molecule is CCN(CCOc1ccc2c(=O)cc(N3CCOCC3)oc2c1C)c1ccccc1. The largest absolute Gasteiger partial charge is 0.491 e. The molecule has 6 heteroatoms. The summed E-state index contributed by atoms with van der Waals surface area (Å²) in [7, 11) is 0. The molecule has 2 heterocycles. The number of likely N-dealkylation sites (N-methyl/N-ethyl adjacent to an activating group) is 1. The second-order valence-corrected chi connectivity index (χ2v) is 7.38. The Hall–Kier alpha value is -2.99. The van der Waals surface area contributed by atoms with E-state index in [4.69, 9.17) is 13.9 Å². The predicted molar refractivity (Wildman–Crippen MR) is 120 cm³/mol. The molecule has 1 aliphatic heterocycles. The molecule has 0 unspecified atom stereocenters. The number of hydrogen-bond acceptors (Lipinski definition) is 6. The van der Waals surface area contributed by atoms with Gasteiger partial charge < -0.3 is 23.7 Å². The van der Waals surface area contributed by atoms with Crippen molar-refractivity contribution in [1.82, 2.24) is 0 Å². The van der Waals surface area contributed by atoms with Crippen LogP contribution in [0, 0.1) is 6.92 Å². The summed E-state index contributed by atoms with van der Waals surface area (Å²) in [6, 6.07) is 15.5. The second-order valence-electron chi connectivity index (χ2n) is 7.38. The molecule has 158 valence electrons. The van der Waals surface area contributed by atoms with Crippen molar-refractivity contribution in [3.8, 4) is 5.75 Å². The number of nitrogens with zero attached hydrogens (tertiary/aromatic N) is 2. The van der Waals surface area contributed by atoms with Gasteiger partial charge in [-0.15, -0.1) is 0 Å². The van der Waals surface area contributed by atoms with Gasteiger partial charge in [0.05, 0.1) is 25.1 Å². The smallest absolute Gasteiger partial charge is 0.200 e. The van der Waals surface area contributed by atoms with Crippen LogP contribution in [0.2, 0.25) is 0 Å². The van der Waals surface area contributed by atoms with Gasteiger partial charge in [0.25, 0.3) is 0 Å². The van der Waals surface area contributed by atoms with E-state index in [1.807, 2.05) is 31.2 Å². The van der Waals surface area contributed by atoms with Crippen molar-refractivity contribution in [1.29, 1.82) is 0 Å². The van der Waals surface area contributed by atoms with E-state index in [-0.39, 0.29) is 5.43 Å². The van der Waals surface area contributed by atoms with E-state index in [1.54, 1.807) is 12.1 Å². The van der Waals surface area contributed by atoms with Gasteiger partial charge in [-0.25, -0.2) is 0 Å². The molecule has 1 aliphatic rings. The average molecular weight is 408 g/mol. The molecule has 1 aromatic heterocycles. The average Bonchev–Trinajstić information content (AvgIpc) is 2.79. The number of para-hydroxylation sites is 1. The third-order valence-corrected chi connectivity index (χ3v) is 5.53. The second kappa shape index (κ2) is 9.22. The fourth-order valence-corrected chi connectivity index (χ4v) is 3.79. The third-order valence-electron chi connectivity index (χ3n) is 5.53. The van der Waals surface area contributed by atoms with Crippen LogP contribution in [0.3, 0.4) is 0 Å². The highest BCUT2D eigenvalue weighted by Crippen LogP contribution is 2.29. The van der Waals surface area contributed by atoms with E-state index >= 15 is 0 Å². The molecule has 30 heavy (non-hydrogen) atoms. The van der Waals surface area contributed by atoms with Gasteiger partial charge in [0, 0.05) is 37.0 Å². The molecule has 0 aliphatic carbocycles. The lowest BCUT2D eigenvalue weighted by atomic mass is 10.1. The molecule has 0 amide bonds. The van der Waals surface area contributed by atoms with Gasteiger partial charge in [-0.2, -0.15) is 0 Å². The molecular weight excluding hydrogens is 380 g/mol. The van der Waals surface area contributed by atoms with Crippen molar-refractivity contribution >= 4 is 22.5 Å². The number of morpholine rings is 1. The number of aryl methyl sites for hydroxylation is 1. The zero-order valence-corrected chi connectivity index (χ0v) is 17.6. The van der Waals surface area contributed by atoms with Crippen LogP contribution in [0.25, 0.3) is 11.0 Å². The fraction of sp³-hybridized carbons (Fsp3) is 0.375. The molecule has 6 nitrogen and oxygen atoms in total. The minimum absolute atomic E-state index is 0.0337. The third kappa shape index (κ3) is 4.28. The van der Waals surface area contributed by atoms with Crippen LogP contribution in [0.4, 0.5) is 11.6 Å². The highest BCUT2D eigenvalue weighted by molar-refractivity contribution is 5.82. The van der Waals surface area contributed by atoms with Crippen molar-refractivity contribution in [3.05, 3.63) is 64.3 Å². The molecule has 0 bridgehead atoms. The first kappa shape index (κ1) is 20.3. The van der Waals surface area contributed by atoms with Gasteiger partial charge in [0.1, 0.15) is 17.9 Å². The van der Waals surface area contributed by atoms with Crippen LogP contribution in [0.15, 0.2) is 57.7 Å². The van der Waals surface area contributed by atoms with Crippen LogP contribution >= 0.6 is 0 Å². The molecule has 4 rings (SSSR count). The summed E-state index contributed by atoms with van der Waals surface area (Å²) < 4.78 is 17.6. The van der Waals surface area contributed by atoms with Crippen LogP contribution < -0.4 is 20.0 Å². The molecule has 2 aromatic carbocycles. The minimum atomic E-state index is -0.0337. The van der Waals surface area contributed by atoms with Crippen molar-refractivity contribution in [3.63, 3.8) is 0 Å². The number of hydrogen-bond donors (Lipinski definition) is 0. The molecule has 0 atom stereocenters. The van der Waals surface area contributed by atoms with E-state index in [2.05, 4.69) is 28.9 Å². The highest BCUT2D eigenvalue weighted by atomic mass is 16.5. The van der Waals surface area contributed by atoms with Crippen molar-refractivity contribution in [2.24, 2.45) is 0 Å². The molecule has 0 N–H and O–H groups in total. The topological polar surface area (TPSA) is 55.2 Å². The van der Waals surface area contributed by atoms with Gasteiger partial charge >= 0.3 is 0 Å². The monoisotopic (exact) mass is 408 g/mol. The summed E-state index contributed by atoms with van der Waals surface area (Å²) in [5, 5.41) is 0.580. The summed E-state index contributed by atoms with van der Waals surface area (Å²) >= 11 is 0. The lowest BCUT2D eigenvalue weighted by molar-refractivity contribution is 0.121. The van der Waals surface area contributed by atoms with Crippen LogP contribution in [-0.2, 0) is 4.74 Å². The molecular formula is C24H28N2O4. The molecule has 1 fully saturated rings. The molecule has 1 saturated heterocycles. The van der Waals surface area contributed by atoms with Gasteiger partial charge in [-0.3, -0.25) is 4.79 Å². The minimum Gasteiger partial charge on any atom is -0.491 e. The van der Waals surface area contributed by atoms with Gasteiger partial charge in [0.15, 0.2) is 11.3 Å². The summed E-state index contributed by atoms with van der Waals surface area (Å²) in [4.78, 5) is 17.0. The number of ether oxygens (including phenoxy) is 2. The molecule has 3 aromatic rings. The Balaban J connectivity index is 1.53. The number of fused-ring (bicyclic) bond motifs is 1. The summed E-state index contributed by atoms with van der Waals surface area (Å²) in [5.41, 5.74) is 2.59. The normalized spacial score (nSPS) is 14.1. The Morgan fingerprint density at radius 3 is 2.60 bits per heavy atom. The van der Waals surface area contributed by atoms with E-state index in [0.29, 0.717) is 36.7 Å². The van der Waals surface area contributed by atoms with Crippen LogP contribution in [0.1, 0.15) is 12.5 Å². The number of benzene rings is 2. The molecule has 0 spiro atoms. The van der Waals surface area contributed by atoms with Crippen LogP contribution in [-0.4, -0.2) is 46.0 Å². The summed E-state index contributed by atoms with van der Waals surface area (Å²) in [5.74, 6) is 1.34. The quantitative estimate of drug-likeness (QED) is 0.592. The summed E-state index contributed by atoms with van der Waals surface area (Å²) in [6.45, 7) is 9.01. The first-order valence-corrected chi connectivity index (χ1v) is 10.5. The van der Waals surface area contributed by atoms with Crippen molar-refractivity contribution < 1.29 is 13.9 Å². The Morgan fingerprint density at radius 2 is 1.87 bits per heavy atom. The molecule has 0 saturated carbocycles. The first-order chi connectivity index (χ1) is 14.7. The summed E-state index contributed by atoms with van der Waals surface area (Å²) in [6.07, 6.45) is 0. The number of anilines is 2. The van der Waals surface area contributed by atoms with E-state index in [0.717, 1.165) is 37.5 Å². The highest BCUT2D eigenvalue weighted by Gasteiger charge is 2.17. The Kier molecular flexibility index (Phi) is 6.23. The maximum Gasteiger partial charge on any atom is 0.200 e. The van der Waals surface area contributed by atoms with Gasteiger partial charge in [-0.1, -0.05) is 18.2 Å². The zero-order valence-electron chi connectivity index (χ0n) is 17.6. The fourth-order valence-electron chi connectivity index (χ4n) is 3.79.